The minimum atomic E-state index is 0.315. The Hall–Kier alpha value is -0.520. The molecule has 0 heterocycles. The van der Waals surface area contributed by atoms with Gasteiger partial charge in [0.1, 0.15) is 0 Å². The summed E-state index contributed by atoms with van der Waals surface area (Å²) in [5, 5.41) is 3.24. The van der Waals surface area contributed by atoms with Gasteiger partial charge in [0, 0.05) is 18.6 Å². The molecule has 1 N–H and O–H groups in total. The summed E-state index contributed by atoms with van der Waals surface area (Å²) in [7, 11) is 2.18. The number of nitrogens with zero attached hydrogens (tertiary/aromatic N) is 1. The van der Waals surface area contributed by atoms with E-state index in [1.54, 1.807) is 0 Å². The van der Waals surface area contributed by atoms with Gasteiger partial charge in [-0.2, -0.15) is 0 Å². The van der Waals surface area contributed by atoms with Crippen LogP contribution in [-0.4, -0.2) is 37.1 Å². The molecule has 0 aromatic rings. The summed E-state index contributed by atoms with van der Waals surface area (Å²) in [6.07, 6.45) is 5.19. The first-order valence-electron chi connectivity index (χ1n) is 5.66. The quantitative estimate of drug-likeness (QED) is 0.551. The van der Waals surface area contributed by atoms with E-state index >= 15 is 0 Å². The number of nitrogens with one attached hydrogen (secondary N) is 1. The van der Waals surface area contributed by atoms with Crippen molar-refractivity contribution in [2.24, 2.45) is 5.41 Å². The van der Waals surface area contributed by atoms with E-state index in [0.29, 0.717) is 24.0 Å². The molecular weight excluding hydrogens is 184 g/mol. The van der Waals surface area contributed by atoms with Crippen LogP contribution in [0.15, 0.2) is 0 Å². The fourth-order valence-corrected chi connectivity index (χ4v) is 1.49. The van der Waals surface area contributed by atoms with Crippen molar-refractivity contribution < 1.29 is 0 Å². The lowest BCUT2D eigenvalue weighted by atomic mass is 9.86. The number of terminal acetylenes is 1. The predicted molar refractivity (Wildman–Crippen MR) is 67.8 cm³/mol. The smallest absolute Gasteiger partial charge is 0.0574 e. The summed E-state index contributed by atoms with van der Waals surface area (Å²) < 4.78 is 0. The van der Waals surface area contributed by atoms with Gasteiger partial charge in [-0.25, -0.2) is 0 Å². The van der Waals surface area contributed by atoms with E-state index in [1.807, 2.05) is 0 Å². The van der Waals surface area contributed by atoms with Gasteiger partial charge in [0.15, 0.2) is 0 Å². The van der Waals surface area contributed by atoms with E-state index in [2.05, 4.69) is 57.8 Å². The second kappa shape index (κ2) is 6.15. The Kier molecular flexibility index (Phi) is 5.93. The van der Waals surface area contributed by atoms with Crippen LogP contribution in [0.3, 0.4) is 0 Å². The van der Waals surface area contributed by atoms with Gasteiger partial charge in [-0.05, 0) is 26.3 Å². The average Bonchev–Trinajstić information content (AvgIpc) is 2.14. The predicted octanol–water partition coefficient (Wildman–Crippen LogP) is 1.96. The average molecular weight is 210 g/mol. The van der Waals surface area contributed by atoms with Crippen LogP contribution in [0.5, 0.6) is 0 Å². The molecule has 88 valence electrons. The van der Waals surface area contributed by atoms with Gasteiger partial charge in [0.05, 0.1) is 6.54 Å². The lowest BCUT2D eigenvalue weighted by Crippen LogP contribution is -2.47. The Bertz CT molecular complexity index is 210. The first-order chi connectivity index (χ1) is 6.80. The topological polar surface area (TPSA) is 15.3 Å². The molecule has 2 unspecified atom stereocenters. The van der Waals surface area contributed by atoms with Gasteiger partial charge >= 0.3 is 0 Å². The van der Waals surface area contributed by atoms with Crippen LogP contribution >= 0.6 is 0 Å². The zero-order valence-electron chi connectivity index (χ0n) is 11.1. The molecule has 0 fully saturated rings. The molecule has 0 saturated carbocycles. The van der Waals surface area contributed by atoms with Crippen LogP contribution in [0.2, 0.25) is 0 Å². The highest BCUT2D eigenvalue weighted by molar-refractivity contribution is 4.88. The third-order valence-corrected chi connectivity index (χ3v) is 3.23. The van der Waals surface area contributed by atoms with Crippen molar-refractivity contribution in [2.45, 2.75) is 46.7 Å². The van der Waals surface area contributed by atoms with E-state index < -0.39 is 0 Å². The number of likely N-dealkylation sites (N-methyl/N-ethyl adjacent to an activating group) is 1. The van der Waals surface area contributed by atoms with E-state index in [1.165, 1.54) is 0 Å². The van der Waals surface area contributed by atoms with Gasteiger partial charge in [0.2, 0.25) is 0 Å². The van der Waals surface area contributed by atoms with Crippen LogP contribution in [-0.2, 0) is 0 Å². The molecule has 2 atom stereocenters. The van der Waals surface area contributed by atoms with E-state index in [4.69, 9.17) is 6.42 Å². The fourth-order valence-electron chi connectivity index (χ4n) is 1.49. The Morgan fingerprint density at radius 1 is 1.33 bits per heavy atom. The van der Waals surface area contributed by atoms with Crippen molar-refractivity contribution in [3.63, 3.8) is 0 Å². The van der Waals surface area contributed by atoms with Crippen LogP contribution < -0.4 is 5.32 Å². The molecule has 0 bridgehead atoms. The largest absolute Gasteiger partial charge is 0.305 e. The van der Waals surface area contributed by atoms with Gasteiger partial charge < -0.3 is 5.32 Å². The lowest BCUT2D eigenvalue weighted by molar-refractivity contribution is 0.104. The summed E-state index contributed by atoms with van der Waals surface area (Å²) >= 11 is 0. The molecule has 0 aliphatic carbocycles. The molecule has 0 aromatic heterocycles. The normalized spacial score (nSPS) is 16.1. The fraction of sp³-hybridized carbons (Fsp3) is 0.846. The van der Waals surface area contributed by atoms with Crippen molar-refractivity contribution in [2.75, 3.05) is 20.1 Å². The third kappa shape index (κ3) is 5.20. The maximum Gasteiger partial charge on any atom is 0.0574 e. The van der Waals surface area contributed by atoms with Crippen molar-refractivity contribution >= 4 is 0 Å². The molecule has 0 spiro atoms. The zero-order valence-corrected chi connectivity index (χ0v) is 11.1. The summed E-state index contributed by atoms with van der Waals surface area (Å²) in [6, 6.07) is 1.06. The Labute approximate surface area is 95.4 Å². The highest BCUT2D eigenvalue weighted by Crippen LogP contribution is 2.23. The van der Waals surface area contributed by atoms with Crippen LogP contribution in [0.1, 0.15) is 34.6 Å². The molecule has 0 aliphatic heterocycles. The highest BCUT2D eigenvalue weighted by Gasteiger charge is 2.26. The van der Waals surface area contributed by atoms with Gasteiger partial charge in [-0.1, -0.05) is 26.7 Å². The standard InChI is InChI=1S/C13H26N2/c1-8-9-14-10-11(2)15(7)12(3)13(4,5)6/h1,11-12,14H,9-10H2,2-7H3. The monoisotopic (exact) mass is 210 g/mol. The highest BCUT2D eigenvalue weighted by atomic mass is 15.2. The van der Waals surface area contributed by atoms with Gasteiger partial charge in [-0.15, -0.1) is 6.42 Å². The van der Waals surface area contributed by atoms with Crippen LogP contribution in [0, 0.1) is 17.8 Å². The summed E-state index contributed by atoms with van der Waals surface area (Å²) in [4.78, 5) is 2.41. The SMILES string of the molecule is C#CCNCC(C)N(C)C(C)C(C)(C)C. The molecule has 0 amide bonds. The lowest BCUT2D eigenvalue weighted by Gasteiger charge is -2.39. The third-order valence-electron chi connectivity index (χ3n) is 3.23. The number of hydrogen-bond acceptors (Lipinski definition) is 2. The Morgan fingerprint density at radius 2 is 1.87 bits per heavy atom. The molecule has 0 aromatic carbocycles. The minimum Gasteiger partial charge on any atom is -0.305 e. The molecule has 2 nitrogen and oxygen atoms in total. The Morgan fingerprint density at radius 3 is 2.27 bits per heavy atom. The second-order valence-electron chi connectivity index (χ2n) is 5.39. The molecular formula is C13H26N2. The van der Waals surface area contributed by atoms with Crippen molar-refractivity contribution in [1.82, 2.24) is 10.2 Å². The van der Waals surface area contributed by atoms with Crippen LogP contribution in [0.25, 0.3) is 0 Å². The van der Waals surface area contributed by atoms with Gasteiger partial charge in [0.25, 0.3) is 0 Å². The summed E-state index contributed by atoms with van der Waals surface area (Å²) in [6.45, 7) is 12.9. The van der Waals surface area contributed by atoms with E-state index in [0.717, 1.165) is 6.54 Å². The van der Waals surface area contributed by atoms with Gasteiger partial charge in [-0.3, -0.25) is 4.90 Å². The molecule has 0 radical (unpaired) electrons. The number of hydrogen-bond donors (Lipinski definition) is 1. The molecule has 2 heteroatoms. The molecule has 0 rings (SSSR count). The first-order valence-corrected chi connectivity index (χ1v) is 5.66. The molecule has 0 saturated heterocycles. The number of rotatable bonds is 5. The summed E-state index contributed by atoms with van der Waals surface area (Å²) in [5.41, 5.74) is 0.315. The molecule has 0 aliphatic rings. The Balaban J connectivity index is 4.09. The van der Waals surface area contributed by atoms with Crippen molar-refractivity contribution in [3.05, 3.63) is 0 Å². The zero-order chi connectivity index (χ0) is 12.1. The van der Waals surface area contributed by atoms with Crippen molar-refractivity contribution in [1.29, 1.82) is 0 Å². The maximum absolute atomic E-state index is 5.19. The van der Waals surface area contributed by atoms with E-state index in [9.17, 15) is 0 Å². The first kappa shape index (κ1) is 14.5. The molecule has 15 heavy (non-hydrogen) atoms. The van der Waals surface area contributed by atoms with E-state index in [-0.39, 0.29) is 0 Å². The van der Waals surface area contributed by atoms with Crippen molar-refractivity contribution in [3.8, 4) is 12.3 Å². The maximum atomic E-state index is 5.19. The summed E-state index contributed by atoms with van der Waals surface area (Å²) in [5.74, 6) is 2.59. The van der Waals surface area contributed by atoms with Crippen LogP contribution in [0.4, 0.5) is 0 Å². The minimum absolute atomic E-state index is 0.315. The second-order valence-corrected chi connectivity index (χ2v) is 5.39.